The Balaban J connectivity index is 1.88. The smallest absolute Gasteiger partial charge is 0.417 e. The Morgan fingerprint density at radius 2 is 1.78 bits per heavy atom. The minimum absolute atomic E-state index is 0.00722. The van der Waals surface area contributed by atoms with Crippen molar-refractivity contribution in [3.63, 3.8) is 0 Å². The Kier molecular flexibility index (Phi) is 6.65. The van der Waals surface area contributed by atoms with Crippen LogP contribution in [0.2, 0.25) is 0 Å². The van der Waals surface area contributed by atoms with Gasteiger partial charge in [-0.15, -0.1) is 0 Å². The maximum Gasteiger partial charge on any atom is 0.417 e. The van der Waals surface area contributed by atoms with Crippen molar-refractivity contribution in [3.05, 3.63) is 35.4 Å². The lowest BCUT2D eigenvalue weighted by Gasteiger charge is -2.33. The summed E-state index contributed by atoms with van der Waals surface area (Å²) in [4.78, 5) is 35.9. The second-order valence-corrected chi connectivity index (χ2v) is 6.15. The SMILES string of the molecule is O=C(O)CCNC(=O)NC1CCN(C(=O)c2ccccc2C(F)(F)F)CC1. The average molecular weight is 387 g/mol. The van der Waals surface area contributed by atoms with E-state index in [1.165, 1.54) is 17.0 Å². The van der Waals surface area contributed by atoms with Gasteiger partial charge >= 0.3 is 18.2 Å². The molecule has 0 atom stereocenters. The van der Waals surface area contributed by atoms with Gasteiger partial charge in [-0.2, -0.15) is 13.2 Å². The number of hydrogen-bond donors (Lipinski definition) is 3. The molecule has 1 aliphatic heterocycles. The van der Waals surface area contributed by atoms with Crippen LogP contribution >= 0.6 is 0 Å². The van der Waals surface area contributed by atoms with Crippen LogP contribution in [0.5, 0.6) is 0 Å². The van der Waals surface area contributed by atoms with Gasteiger partial charge in [0.1, 0.15) is 0 Å². The van der Waals surface area contributed by atoms with Crippen molar-refractivity contribution in [3.8, 4) is 0 Å². The molecule has 0 aromatic heterocycles. The third-order valence-electron chi connectivity index (χ3n) is 4.20. The molecule has 1 saturated heterocycles. The van der Waals surface area contributed by atoms with Crippen molar-refractivity contribution in [1.29, 1.82) is 0 Å². The summed E-state index contributed by atoms with van der Waals surface area (Å²) in [6.45, 7) is 0.420. The van der Waals surface area contributed by atoms with Crippen molar-refractivity contribution >= 4 is 17.9 Å². The number of alkyl halides is 3. The number of benzene rings is 1. The Bertz CT molecular complexity index is 701. The Morgan fingerprint density at radius 1 is 1.15 bits per heavy atom. The van der Waals surface area contributed by atoms with Crippen molar-refractivity contribution in [2.24, 2.45) is 0 Å². The predicted molar refractivity (Wildman–Crippen MR) is 89.2 cm³/mol. The van der Waals surface area contributed by atoms with Crippen LogP contribution in [-0.4, -0.2) is 53.6 Å². The zero-order valence-electron chi connectivity index (χ0n) is 14.4. The van der Waals surface area contributed by atoms with Gasteiger partial charge in [-0.25, -0.2) is 4.79 Å². The first kappa shape index (κ1) is 20.5. The molecular formula is C17H20F3N3O4. The van der Waals surface area contributed by atoms with E-state index in [4.69, 9.17) is 5.11 Å². The number of carboxylic acid groups (broad SMARTS) is 1. The van der Waals surface area contributed by atoms with Crippen LogP contribution in [0.3, 0.4) is 0 Å². The first-order valence-electron chi connectivity index (χ1n) is 8.40. The van der Waals surface area contributed by atoms with E-state index in [2.05, 4.69) is 10.6 Å². The lowest BCUT2D eigenvalue weighted by Crippen LogP contribution is -2.49. The lowest BCUT2D eigenvalue weighted by molar-refractivity contribution is -0.138. The zero-order valence-corrected chi connectivity index (χ0v) is 14.4. The van der Waals surface area contributed by atoms with Gasteiger partial charge in [-0.3, -0.25) is 9.59 Å². The van der Waals surface area contributed by atoms with Crippen LogP contribution in [0.15, 0.2) is 24.3 Å². The summed E-state index contributed by atoms with van der Waals surface area (Å²) in [6, 6.07) is 3.91. The molecule has 1 fully saturated rings. The summed E-state index contributed by atoms with van der Waals surface area (Å²) in [5, 5.41) is 13.6. The fourth-order valence-corrected chi connectivity index (χ4v) is 2.83. The number of piperidine rings is 1. The molecule has 0 radical (unpaired) electrons. The number of nitrogens with one attached hydrogen (secondary N) is 2. The van der Waals surface area contributed by atoms with Crippen molar-refractivity contribution in [2.45, 2.75) is 31.5 Å². The molecular weight excluding hydrogens is 367 g/mol. The highest BCUT2D eigenvalue weighted by atomic mass is 19.4. The van der Waals surface area contributed by atoms with Crippen LogP contribution < -0.4 is 10.6 Å². The van der Waals surface area contributed by atoms with E-state index in [1.807, 2.05) is 0 Å². The summed E-state index contributed by atoms with van der Waals surface area (Å²) in [7, 11) is 0. The van der Waals surface area contributed by atoms with Crippen molar-refractivity contribution in [1.82, 2.24) is 15.5 Å². The quantitative estimate of drug-likeness (QED) is 0.720. The summed E-state index contributed by atoms with van der Waals surface area (Å²) in [5.74, 6) is -1.71. The molecule has 10 heteroatoms. The van der Waals surface area contributed by atoms with E-state index in [-0.39, 0.29) is 37.7 Å². The number of aliphatic carboxylic acids is 1. The number of halogens is 3. The van der Waals surface area contributed by atoms with Gasteiger partial charge in [-0.05, 0) is 25.0 Å². The molecule has 1 aromatic carbocycles. The number of likely N-dealkylation sites (tertiary alicyclic amines) is 1. The van der Waals surface area contributed by atoms with Gasteiger partial charge in [0, 0.05) is 25.7 Å². The normalized spacial score (nSPS) is 15.3. The number of urea groups is 1. The fraction of sp³-hybridized carbons (Fsp3) is 0.471. The monoisotopic (exact) mass is 387 g/mol. The van der Waals surface area contributed by atoms with E-state index in [0.29, 0.717) is 12.8 Å². The first-order chi connectivity index (χ1) is 12.7. The molecule has 27 heavy (non-hydrogen) atoms. The van der Waals surface area contributed by atoms with Crippen LogP contribution in [0, 0.1) is 0 Å². The highest BCUT2D eigenvalue weighted by Gasteiger charge is 2.36. The Labute approximate surface area is 153 Å². The molecule has 0 spiro atoms. The molecule has 1 aliphatic rings. The van der Waals surface area contributed by atoms with E-state index < -0.39 is 29.6 Å². The highest BCUT2D eigenvalue weighted by Crippen LogP contribution is 2.32. The topological polar surface area (TPSA) is 98.7 Å². The number of carbonyl (C=O) groups excluding carboxylic acids is 2. The number of hydrogen-bond acceptors (Lipinski definition) is 3. The molecule has 3 N–H and O–H groups in total. The molecule has 0 unspecified atom stereocenters. The van der Waals surface area contributed by atoms with Gasteiger partial charge in [0.25, 0.3) is 5.91 Å². The third-order valence-corrected chi connectivity index (χ3v) is 4.20. The van der Waals surface area contributed by atoms with Gasteiger partial charge in [0.15, 0.2) is 0 Å². The molecule has 0 saturated carbocycles. The molecule has 1 aromatic rings. The number of nitrogens with zero attached hydrogens (tertiary/aromatic N) is 1. The lowest BCUT2D eigenvalue weighted by atomic mass is 10.0. The minimum atomic E-state index is -4.61. The van der Waals surface area contributed by atoms with Crippen molar-refractivity contribution in [2.75, 3.05) is 19.6 Å². The first-order valence-corrected chi connectivity index (χ1v) is 8.40. The Hall–Kier alpha value is -2.78. The second kappa shape index (κ2) is 8.74. The highest BCUT2D eigenvalue weighted by molar-refractivity contribution is 5.96. The van der Waals surface area contributed by atoms with Gasteiger partial charge < -0.3 is 20.6 Å². The largest absolute Gasteiger partial charge is 0.481 e. The van der Waals surface area contributed by atoms with E-state index in [9.17, 15) is 27.6 Å². The summed E-state index contributed by atoms with van der Waals surface area (Å²) in [6.07, 6.45) is -4.02. The van der Waals surface area contributed by atoms with Crippen LogP contribution in [-0.2, 0) is 11.0 Å². The van der Waals surface area contributed by atoms with Crippen molar-refractivity contribution < 1.29 is 32.7 Å². The third kappa shape index (κ3) is 5.87. The number of carbonyl (C=O) groups is 3. The second-order valence-electron chi connectivity index (χ2n) is 6.15. The molecule has 0 bridgehead atoms. The van der Waals surface area contributed by atoms with E-state index >= 15 is 0 Å². The standard InChI is InChI=1S/C17H20F3N3O4/c18-17(19,20)13-4-2-1-3-12(13)15(26)23-9-6-11(7-10-23)22-16(27)21-8-5-14(24)25/h1-4,11H,5-10H2,(H,24,25)(H2,21,22,27). The fourth-order valence-electron chi connectivity index (χ4n) is 2.83. The number of carboxylic acids is 1. The Morgan fingerprint density at radius 3 is 2.37 bits per heavy atom. The summed E-state index contributed by atoms with van der Waals surface area (Å²) < 4.78 is 39.2. The molecule has 148 valence electrons. The molecule has 1 heterocycles. The predicted octanol–water partition coefficient (Wildman–Crippen LogP) is 2.08. The van der Waals surface area contributed by atoms with Gasteiger partial charge in [0.05, 0.1) is 17.5 Å². The molecule has 2 rings (SSSR count). The minimum Gasteiger partial charge on any atom is -0.481 e. The van der Waals surface area contributed by atoms with Crippen LogP contribution in [0.25, 0.3) is 0 Å². The van der Waals surface area contributed by atoms with E-state index in [0.717, 1.165) is 12.1 Å². The number of rotatable bonds is 5. The number of amides is 3. The average Bonchev–Trinajstić information content (AvgIpc) is 2.60. The zero-order chi connectivity index (χ0) is 20.0. The van der Waals surface area contributed by atoms with E-state index in [1.54, 1.807) is 0 Å². The van der Waals surface area contributed by atoms with Gasteiger partial charge in [0.2, 0.25) is 0 Å². The molecule has 3 amide bonds. The molecule has 7 nitrogen and oxygen atoms in total. The van der Waals surface area contributed by atoms with Gasteiger partial charge in [-0.1, -0.05) is 12.1 Å². The summed E-state index contributed by atoms with van der Waals surface area (Å²) in [5.41, 5.74) is -1.35. The molecule has 0 aliphatic carbocycles. The summed E-state index contributed by atoms with van der Waals surface area (Å²) >= 11 is 0. The maximum absolute atomic E-state index is 13.1. The van der Waals surface area contributed by atoms with Crippen LogP contribution in [0.1, 0.15) is 35.2 Å². The maximum atomic E-state index is 13.1. The van der Waals surface area contributed by atoms with Crippen LogP contribution in [0.4, 0.5) is 18.0 Å².